The van der Waals surface area contributed by atoms with Gasteiger partial charge in [-0.1, -0.05) is 56.3 Å². The van der Waals surface area contributed by atoms with E-state index in [0.717, 1.165) is 24.2 Å². The van der Waals surface area contributed by atoms with Crippen LogP contribution in [0.25, 0.3) is 0 Å². The molecule has 0 bridgehead atoms. The van der Waals surface area contributed by atoms with E-state index in [2.05, 4.69) is 24.1 Å². The average Bonchev–Trinajstić information content (AvgIpc) is 2.60. The van der Waals surface area contributed by atoms with Gasteiger partial charge in [0.05, 0.1) is 0 Å². The summed E-state index contributed by atoms with van der Waals surface area (Å²) in [5.41, 5.74) is 1.87. The molecule has 128 valence electrons. The predicted octanol–water partition coefficient (Wildman–Crippen LogP) is 3.57. The highest BCUT2D eigenvalue weighted by molar-refractivity contribution is 5.83. The summed E-state index contributed by atoms with van der Waals surface area (Å²) in [5.74, 6) is -0.259. The lowest BCUT2D eigenvalue weighted by molar-refractivity contribution is -0.126. The first-order valence-corrected chi connectivity index (χ1v) is 8.46. The molecule has 0 saturated carbocycles. The highest BCUT2D eigenvalue weighted by Crippen LogP contribution is 2.20. The largest absolute Gasteiger partial charge is 0.354 e. The average molecular weight is 328 g/mol. The Bertz CT molecular complexity index is 641. The fourth-order valence-electron chi connectivity index (χ4n) is 2.87. The minimum Gasteiger partial charge on any atom is -0.354 e. The number of carbonyl (C=O) groups is 1. The highest BCUT2D eigenvalue weighted by atomic mass is 19.1. The Morgan fingerprint density at radius 1 is 1.08 bits per heavy atom. The van der Waals surface area contributed by atoms with Crippen LogP contribution in [0, 0.1) is 5.82 Å². The van der Waals surface area contributed by atoms with Crippen LogP contribution in [-0.4, -0.2) is 30.4 Å². The molecule has 0 aliphatic carbocycles. The summed E-state index contributed by atoms with van der Waals surface area (Å²) in [7, 11) is 0. The van der Waals surface area contributed by atoms with Gasteiger partial charge in [0.2, 0.25) is 5.91 Å². The van der Waals surface area contributed by atoms with Crippen LogP contribution < -0.4 is 5.32 Å². The molecule has 2 aromatic rings. The van der Waals surface area contributed by atoms with Gasteiger partial charge in [-0.3, -0.25) is 9.69 Å². The molecule has 0 radical (unpaired) electrons. The summed E-state index contributed by atoms with van der Waals surface area (Å²) in [6.45, 7) is 6.20. The maximum atomic E-state index is 13.2. The lowest BCUT2D eigenvalue weighted by Gasteiger charge is -2.29. The number of nitrogens with zero attached hydrogens (tertiary/aromatic N) is 1. The van der Waals surface area contributed by atoms with Crippen molar-refractivity contribution in [1.82, 2.24) is 10.2 Å². The van der Waals surface area contributed by atoms with Crippen LogP contribution in [0.3, 0.4) is 0 Å². The topological polar surface area (TPSA) is 32.3 Å². The van der Waals surface area contributed by atoms with Gasteiger partial charge in [0.15, 0.2) is 0 Å². The van der Waals surface area contributed by atoms with Crippen LogP contribution in [0.15, 0.2) is 54.6 Å². The molecular weight excluding hydrogens is 303 g/mol. The molecule has 1 amide bonds. The van der Waals surface area contributed by atoms with Crippen LogP contribution in [0.5, 0.6) is 0 Å². The van der Waals surface area contributed by atoms with Crippen molar-refractivity contribution in [3.8, 4) is 0 Å². The molecule has 2 rings (SSSR count). The molecule has 0 aromatic heterocycles. The van der Waals surface area contributed by atoms with E-state index in [1.54, 1.807) is 6.07 Å². The fourth-order valence-corrected chi connectivity index (χ4v) is 2.87. The van der Waals surface area contributed by atoms with Crippen molar-refractivity contribution in [1.29, 1.82) is 0 Å². The number of carbonyl (C=O) groups excluding carboxylic acids is 1. The summed E-state index contributed by atoms with van der Waals surface area (Å²) >= 11 is 0. The molecule has 0 heterocycles. The Hall–Kier alpha value is -2.20. The molecule has 24 heavy (non-hydrogen) atoms. The Kier molecular flexibility index (Phi) is 6.94. The van der Waals surface area contributed by atoms with Gasteiger partial charge in [-0.05, 0) is 42.8 Å². The van der Waals surface area contributed by atoms with Gasteiger partial charge in [0.25, 0.3) is 0 Å². The maximum Gasteiger partial charge on any atom is 0.241 e. The van der Waals surface area contributed by atoms with Crippen molar-refractivity contribution in [2.24, 2.45) is 0 Å². The third-order valence-electron chi connectivity index (χ3n) is 4.14. The smallest absolute Gasteiger partial charge is 0.241 e. The standard InChI is InChI=1S/C20H25FN2O/c1-3-23(4-2)19(17-10-6-5-7-11-17)20(24)22-14-13-16-9-8-12-18(21)15-16/h5-12,15,19H,3-4,13-14H2,1-2H3,(H,22,24). The van der Waals surface area contributed by atoms with Crippen LogP contribution in [0.2, 0.25) is 0 Å². The molecule has 1 N–H and O–H groups in total. The number of hydrogen-bond acceptors (Lipinski definition) is 2. The Labute approximate surface area is 143 Å². The van der Waals surface area contributed by atoms with Crippen molar-refractivity contribution in [3.05, 3.63) is 71.5 Å². The van der Waals surface area contributed by atoms with Gasteiger partial charge >= 0.3 is 0 Å². The van der Waals surface area contributed by atoms with Crippen molar-refractivity contribution in [2.45, 2.75) is 26.3 Å². The molecular formula is C20H25FN2O. The number of benzene rings is 2. The second kappa shape index (κ2) is 9.18. The second-order valence-corrected chi connectivity index (χ2v) is 5.71. The van der Waals surface area contributed by atoms with E-state index in [4.69, 9.17) is 0 Å². The van der Waals surface area contributed by atoms with E-state index < -0.39 is 0 Å². The molecule has 3 nitrogen and oxygen atoms in total. The second-order valence-electron chi connectivity index (χ2n) is 5.71. The van der Waals surface area contributed by atoms with Gasteiger partial charge in [-0.2, -0.15) is 0 Å². The number of hydrogen-bond donors (Lipinski definition) is 1. The van der Waals surface area contributed by atoms with E-state index in [1.807, 2.05) is 36.4 Å². The minimum absolute atomic E-state index is 0.0127. The van der Waals surface area contributed by atoms with E-state index in [9.17, 15) is 9.18 Å². The Balaban J connectivity index is 2.02. The fraction of sp³-hybridized carbons (Fsp3) is 0.350. The van der Waals surface area contributed by atoms with Gasteiger partial charge < -0.3 is 5.32 Å². The molecule has 0 fully saturated rings. The zero-order valence-corrected chi connectivity index (χ0v) is 14.3. The highest BCUT2D eigenvalue weighted by Gasteiger charge is 2.25. The molecule has 0 aliphatic heterocycles. The van der Waals surface area contributed by atoms with Crippen LogP contribution in [0.1, 0.15) is 31.0 Å². The van der Waals surface area contributed by atoms with E-state index in [0.29, 0.717) is 13.0 Å². The van der Waals surface area contributed by atoms with Crippen LogP contribution >= 0.6 is 0 Å². The summed E-state index contributed by atoms with van der Waals surface area (Å²) in [5, 5.41) is 3.00. The first-order valence-electron chi connectivity index (χ1n) is 8.46. The summed E-state index contributed by atoms with van der Waals surface area (Å²) in [4.78, 5) is 14.9. The summed E-state index contributed by atoms with van der Waals surface area (Å²) < 4.78 is 13.2. The predicted molar refractivity (Wildman–Crippen MR) is 95.2 cm³/mol. The minimum atomic E-state index is -0.297. The maximum absolute atomic E-state index is 13.2. The van der Waals surface area contributed by atoms with Crippen molar-refractivity contribution in [3.63, 3.8) is 0 Å². The SMILES string of the molecule is CCN(CC)C(C(=O)NCCc1cccc(F)c1)c1ccccc1. The first-order chi connectivity index (χ1) is 11.7. The molecule has 1 atom stereocenters. The Morgan fingerprint density at radius 3 is 2.42 bits per heavy atom. The molecule has 0 saturated heterocycles. The summed E-state index contributed by atoms with van der Waals surface area (Å²) in [6, 6.07) is 16.0. The van der Waals surface area contributed by atoms with Gasteiger partial charge in [-0.15, -0.1) is 0 Å². The molecule has 1 unspecified atom stereocenters. The first kappa shape index (κ1) is 18.1. The van der Waals surface area contributed by atoms with Crippen LogP contribution in [-0.2, 0) is 11.2 Å². The monoisotopic (exact) mass is 328 g/mol. The number of rotatable bonds is 8. The number of likely N-dealkylation sites (N-methyl/N-ethyl adjacent to an activating group) is 1. The normalized spacial score (nSPS) is 12.2. The molecule has 2 aromatic carbocycles. The lowest BCUT2D eigenvalue weighted by atomic mass is 10.0. The molecule has 4 heteroatoms. The van der Waals surface area contributed by atoms with Gasteiger partial charge in [0.1, 0.15) is 11.9 Å². The molecule has 0 aliphatic rings. The van der Waals surface area contributed by atoms with Crippen LogP contribution in [0.4, 0.5) is 4.39 Å². The Morgan fingerprint density at radius 2 is 1.79 bits per heavy atom. The van der Waals surface area contributed by atoms with E-state index >= 15 is 0 Å². The van der Waals surface area contributed by atoms with Crippen molar-refractivity contribution < 1.29 is 9.18 Å². The van der Waals surface area contributed by atoms with Crippen molar-refractivity contribution >= 4 is 5.91 Å². The third-order valence-corrected chi connectivity index (χ3v) is 4.14. The summed E-state index contributed by atoms with van der Waals surface area (Å²) in [6.07, 6.45) is 0.614. The number of nitrogens with one attached hydrogen (secondary N) is 1. The van der Waals surface area contributed by atoms with Gasteiger partial charge in [0, 0.05) is 6.54 Å². The van der Waals surface area contributed by atoms with Crippen molar-refractivity contribution in [2.75, 3.05) is 19.6 Å². The molecule has 0 spiro atoms. The lowest BCUT2D eigenvalue weighted by Crippen LogP contribution is -2.41. The third kappa shape index (κ3) is 4.90. The number of amides is 1. The van der Waals surface area contributed by atoms with E-state index in [-0.39, 0.29) is 17.8 Å². The quantitative estimate of drug-likeness (QED) is 0.803. The zero-order valence-electron chi connectivity index (χ0n) is 14.3. The van der Waals surface area contributed by atoms with Gasteiger partial charge in [-0.25, -0.2) is 4.39 Å². The number of halogens is 1. The van der Waals surface area contributed by atoms with E-state index in [1.165, 1.54) is 12.1 Å². The zero-order chi connectivity index (χ0) is 17.4.